The Labute approximate surface area is 220 Å². The minimum absolute atomic E-state index is 0. The third-order valence-electron chi connectivity index (χ3n) is 7.51. The van der Waals surface area contributed by atoms with Crippen molar-refractivity contribution in [3.8, 4) is 5.75 Å². The number of hydrogen-bond acceptors (Lipinski definition) is 8. The molecule has 3 fully saturated rings. The summed E-state index contributed by atoms with van der Waals surface area (Å²) in [6.45, 7) is 13.2. The maximum atomic E-state index is 10.8. The molecular formula is C28H40N6O3. The van der Waals surface area contributed by atoms with Crippen molar-refractivity contribution in [1.82, 2.24) is 20.2 Å². The predicted octanol–water partition coefficient (Wildman–Crippen LogP) is 3.77. The lowest BCUT2D eigenvalue weighted by atomic mass is 9.93. The number of carbonyl (C=O) groups excluding carboxylic acids is 1. The van der Waals surface area contributed by atoms with Crippen LogP contribution in [0.15, 0.2) is 31.0 Å². The Morgan fingerprint density at radius 1 is 1.19 bits per heavy atom. The number of nitrogens with one attached hydrogen (secondary N) is 2. The first-order valence-electron chi connectivity index (χ1n) is 13.5. The summed E-state index contributed by atoms with van der Waals surface area (Å²) >= 11 is 0. The Hall–Kier alpha value is -3.17. The number of fused-ring (bicyclic) bond motifs is 2. The van der Waals surface area contributed by atoms with E-state index in [1.807, 2.05) is 18.0 Å². The number of hydrogen-bond donors (Lipinski definition) is 2. The van der Waals surface area contributed by atoms with Gasteiger partial charge in [-0.25, -0.2) is 4.98 Å². The standard InChI is InChI=1S/C21H27N5O2.C7H11NO.H2/c1-14-20-18(12-17(24-14)15-2-5-22-6-3-15)25-21-16(13-28-20)19(4-7-23-21)26-8-10-27-11-9-26;1-2-7(9)8-5-3-4-6-8;/h4,7,12,15,22H,2-3,5-6,8-11,13H2,1H3,(H,23,25);2H,1,3-6H2;1H. The number of likely N-dealkylation sites (tertiary alicyclic amines) is 1. The van der Waals surface area contributed by atoms with Gasteiger partial charge < -0.3 is 29.9 Å². The molecule has 0 saturated carbocycles. The monoisotopic (exact) mass is 508 g/mol. The summed E-state index contributed by atoms with van der Waals surface area (Å²) in [4.78, 5) is 24.5. The van der Waals surface area contributed by atoms with Crippen LogP contribution < -0.4 is 20.3 Å². The zero-order valence-corrected chi connectivity index (χ0v) is 21.8. The number of aryl methyl sites for hydroxylation is 1. The molecule has 0 radical (unpaired) electrons. The molecular weight excluding hydrogens is 468 g/mol. The van der Waals surface area contributed by atoms with E-state index in [2.05, 4.69) is 39.2 Å². The molecule has 3 saturated heterocycles. The summed E-state index contributed by atoms with van der Waals surface area (Å²) in [5, 5.41) is 6.98. The van der Waals surface area contributed by atoms with Crippen molar-refractivity contribution in [3.63, 3.8) is 0 Å². The topological polar surface area (TPSA) is 91.9 Å². The molecule has 1 amide bonds. The second kappa shape index (κ2) is 11.9. The molecule has 6 rings (SSSR count). The number of aromatic nitrogens is 2. The van der Waals surface area contributed by atoms with Gasteiger partial charge in [0.05, 0.1) is 30.2 Å². The highest BCUT2D eigenvalue weighted by molar-refractivity contribution is 5.87. The van der Waals surface area contributed by atoms with Crippen LogP contribution >= 0.6 is 0 Å². The van der Waals surface area contributed by atoms with Crippen LogP contribution in [-0.2, 0) is 16.1 Å². The van der Waals surface area contributed by atoms with Crippen molar-refractivity contribution < 1.29 is 15.7 Å². The summed E-state index contributed by atoms with van der Waals surface area (Å²) in [6, 6.07) is 4.24. The van der Waals surface area contributed by atoms with Gasteiger partial charge in [0, 0.05) is 51.1 Å². The molecule has 2 N–H and O–H groups in total. The smallest absolute Gasteiger partial charge is 0.245 e. The Kier molecular flexibility index (Phi) is 8.21. The second-order valence-electron chi connectivity index (χ2n) is 9.94. The first kappa shape index (κ1) is 25.5. The van der Waals surface area contributed by atoms with E-state index in [4.69, 9.17) is 14.5 Å². The highest BCUT2D eigenvalue weighted by atomic mass is 16.5. The summed E-state index contributed by atoms with van der Waals surface area (Å²) < 4.78 is 11.8. The van der Waals surface area contributed by atoms with Crippen LogP contribution in [-0.4, -0.2) is 73.3 Å². The average Bonchev–Trinajstić information content (AvgIpc) is 3.42. The summed E-state index contributed by atoms with van der Waals surface area (Å²) in [6.07, 6.45) is 7.82. The molecule has 0 aromatic carbocycles. The van der Waals surface area contributed by atoms with Gasteiger partial charge in [0.25, 0.3) is 0 Å². The first-order valence-corrected chi connectivity index (χ1v) is 13.5. The largest absolute Gasteiger partial charge is 0.485 e. The van der Waals surface area contributed by atoms with Gasteiger partial charge in [-0.15, -0.1) is 0 Å². The zero-order valence-electron chi connectivity index (χ0n) is 21.8. The van der Waals surface area contributed by atoms with Gasteiger partial charge in [-0.3, -0.25) is 9.78 Å². The summed E-state index contributed by atoms with van der Waals surface area (Å²) in [5.74, 6) is 2.29. The molecule has 37 heavy (non-hydrogen) atoms. The molecule has 4 aliphatic heterocycles. The van der Waals surface area contributed by atoms with Crippen LogP contribution in [0.25, 0.3) is 0 Å². The number of piperidine rings is 1. The number of carbonyl (C=O) groups is 1. The SMILES string of the molecule is C=CC(=O)N1CCCC1.Cc1nc(C2CCNCC2)cc2c1OCc1c(N3CCOCC3)ccnc1N2.[HH]. The molecule has 200 valence electrons. The average molecular weight is 509 g/mol. The van der Waals surface area contributed by atoms with Gasteiger partial charge in [-0.1, -0.05) is 6.58 Å². The van der Waals surface area contributed by atoms with E-state index in [1.165, 1.54) is 11.8 Å². The van der Waals surface area contributed by atoms with Crippen molar-refractivity contribution >= 4 is 23.1 Å². The molecule has 4 aliphatic rings. The molecule has 6 heterocycles. The summed E-state index contributed by atoms with van der Waals surface area (Å²) in [7, 11) is 0. The lowest BCUT2D eigenvalue weighted by Gasteiger charge is -2.30. The van der Waals surface area contributed by atoms with Crippen molar-refractivity contribution in [2.45, 2.75) is 45.1 Å². The fourth-order valence-electron chi connectivity index (χ4n) is 5.46. The number of nitrogens with zero attached hydrogens (tertiary/aromatic N) is 4. The van der Waals surface area contributed by atoms with Gasteiger partial charge >= 0.3 is 0 Å². The zero-order chi connectivity index (χ0) is 25.6. The second-order valence-corrected chi connectivity index (χ2v) is 9.94. The molecule has 9 heteroatoms. The van der Waals surface area contributed by atoms with E-state index in [0.717, 1.165) is 112 Å². The maximum absolute atomic E-state index is 10.8. The van der Waals surface area contributed by atoms with Crippen LogP contribution in [0.5, 0.6) is 5.75 Å². The fraction of sp³-hybridized carbons (Fsp3) is 0.536. The van der Waals surface area contributed by atoms with Crippen LogP contribution in [0, 0.1) is 6.92 Å². The van der Waals surface area contributed by atoms with Gasteiger partial charge in [-0.2, -0.15) is 0 Å². The highest BCUT2D eigenvalue weighted by Crippen LogP contribution is 2.40. The normalized spacial score (nSPS) is 19.4. The van der Waals surface area contributed by atoms with Crippen molar-refractivity contribution in [1.29, 1.82) is 0 Å². The lowest BCUT2D eigenvalue weighted by Crippen LogP contribution is -2.37. The van der Waals surface area contributed by atoms with Crippen LogP contribution in [0.4, 0.5) is 17.2 Å². The van der Waals surface area contributed by atoms with Gasteiger partial charge in [0.2, 0.25) is 5.91 Å². The van der Waals surface area contributed by atoms with Gasteiger partial charge in [0.1, 0.15) is 12.4 Å². The molecule has 0 atom stereocenters. The fourth-order valence-corrected chi connectivity index (χ4v) is 5.46. The molecule has 2 aromatic heterocycles. The molecule has 0 spiro atoms. The van der Waals surface area contributed by atoms with Gasteiger partial charge in [0.15, 0.2) is 5.75 Å². The summed E-state index contributed by atoms with van der Waals surface area (Å²) in [5.41, 5.74) is 5.36. The maximum Gasteiger partial charge on any atom is 0.245 e. The third-order valence-corrected chi connectivity index (χ3v) is 7.51. The first-order chi connectivity index (χ1) is 18.1. The quantitative estimate of drug-likeness (QED) is 0.606. The number of morpholine rings is 1. The van der Waals surface area contributed by atoms with E-state index in [0.29, 0.717) is 12.5 Å². The molecule has 9 nitrogen and oxygen atoms in total. The van der Waals surface area contributed by atoms with Crippen molar-refractivity contribution in [2.24, 2.45) is 0 Å². The van der Waals surface area contributed by atoms with Crippen LogP contribution in [0.1, 0.15) is 50.0 Å². The van der Waals surface area contributed by atoms with Gasteiger partial charge in [-0.05, 0) is 63.9 Å². The van der Waals surface area contributed by atoms with E-state index < -0.39 is 0 Å². The number of rotatable bonds is 3. The highest BCUT2D eigenvalue weighted by Gasteiger charge is 2.25. The Balaban J connectivity index is 0.000000288. The minimum Gasteiger partial charge on any atom is -0.485 e. The number of ether oxygens (including phenoxy) is 2. The number of anilines is 3. The Morgan fingerprint density at radius 3 is 2.68 bits per heavy atom. The molecule has 2 aromatic rings. The third kappa shape index (κ3) is 5.88. The van der Waals surface area contributed by atoms with Crippen molar-refractivity contribution in [2.75, 3.05) is 62.7 Å². The van der Waals surface area contributed by atoms with E-state index >= 15 is 0 Å². The minimum atomic E-state index is 0. The van der Waals surface area contributed by atoms with E-state index in [9.17, 15) is 4.79 Å². The van der Waals surface area contributed by atoms with Crippen molar-refractivity contribution in [3.05, 3.63) is 47.9 Å². The Bertz CT molecular complexity index is 1110. The van der Waals surface area contributed by atoms with Crippen LogP contribution in [0.3, 0.4) is 0 Å². The van der Waals surface area contributed by atoms with Crippen LogP contribution in [0.2, 0.25) is 0 Å². The number of amides is 1. The van der Waals surface area contributed by atoms with E-state index in [1.54, 1.807) is 0 Å². The number of pyridine rings is 2. The molecule has 0 bridgehead atoms. The molecule has 0 aliphatic carbocycles. The molecule has 0 unspecified atom stereocenters. The van der Waals surface area contributed by atoms with E-state index in [-0.39, 0.29) is 7.33 Å². The predicted molar refractivity (Wildman–Crippen MR) is 147 cm³/mol. The Morgan fingerprint density at radius 2 is 1.95 bits per heavy atom. The lowest BCUT2D eigenvalue weighted by molar-refractivity contribution is -0.124.